The first-order valence-corrected chi connectivity index (χ1v) is 6.36. The number of allylic oxidation sites excluding steroid dienone is 1. The van der Waals surface area contributed by atoms with Gasteiger partial charge in [0, 0.05) is 5.92 Å². The number of ketones is 1. The molecule has 13 heavy (non-hydrogen) atoms. The van der Waals surface area contributed by atoms with E-state index in [9.17, 15) is 4.79 Å². The normalized spacial score (nSPS) is 34.2. The highest BCUT2D eigenvalue weighted by atomic mass is 127. The zero-order valence-corrected chi connectivity index (χ0v) is 9.87. The van der Waals surface area contributed by atoms with E-state index >= 15 is 0 Å². The van der Waals surface area contributed by atoms with Gasteiger partial charge in [-0.1, -0.05) is 41.9 Å². The summed E-state index contributed by atoms with van der Waals surface area (Å²) in [7, 11) is 0. The topological polar surface area (TPSA) is 17.1 Å². The van der Waals surface area contributed by atoms with Gasteiger partial charge in [0.1, 0.15) is 0 Å². The molecule has 0 heterocycles. The van der Waals surface area contributed by atoms with Gasteiger partial charge >= 0.3 is 0 Å². The molecule has 2 aliphatic carbocycles. The summed E-state index contributed by atoms with van der Waals surface area (Å²) in [6, 6.07) is 0. The lowest BCUT2D eigenvalue weighted by Gasteiger charge is -2.43. The molecule has 2 heteroatoms. The molecule has 2 fully saturated rings. The molecule has 0 aromatic carbocycles. The Bertz CT molecular complexity index is 224. The number of hydrogen-bond donors (Lipinski definition) is 0. The molecule has 0 aromatic rings. The summed E-state index contributed by atoms with van der Waals surface area (Å²) in [5, 5.41) is 0. The lowest BCUT2D eigenvalue weighted by atomic mass is 9.61. The van der Waals surface area contributed by atoms with Gasteiger partial charge in [0.15, 0.2) is 5.78 Å². The first kappa shape index (κ1) is 9.69. The quantitative estimate of drug-likeness (QED) is 0.575. The number of halogens is 1. The van der Waals surface area contributed by atoms with Gasteiger partial charge in [0.25, 0.3) is 0 Å². The van der Waals surface area contributed by atoms with Crippen molar-refractivity contribution in [2.45, 2.75) is 32.1 Å². The Morgan fingerprint density at radius 2 is 1.92 bits per heavy atom. The largest absolute Gasteiger partial charge is 0.295 e. The smallest absolute Gasteiger partial charge is 0.159 e. The fourth-order valence-corrected chi connectivity index (χ4v) is 2.74. The van der Waals surface area contributed by atoms with E-state index in [2.05, 4.69) is 22.6 Å². The van der Waals surface area contributed by atoms with Crippen LogP contribution in [0.2, 0.25) is 0 Å². The zero-order valence-electron chi connectivity index (χ0n) is 7.71. The molecular formula is C11H15IO. The Balaban J connectivity index is 1.74. The van der Waals surface area contributed by atoms with E-state index < -0.39 is 0 Å². The molecule has 2 saturated carbocycles. The number of hydrogen-bond acceptors (Lipinski definition) is 1. The first-order valence-electron chi connectivity index (χ1n) is 5.12. The molecular weight excluding hydrogens is 275 g/mol. The third kappa shape index (κ3) is 1.97. The zero-order chi connectivity index (χ0) is 9.26. The third-order valence-corrected chi connectivity index (χ3v) is 3.98. The summed E-state index contributed by atoms with van der Waals surface area (Å²) in [6.07, 6.45) is 8.34. The van der Waals surface area contributed by atoms with Gasteiger partial charge in [-0.3, -0.25) is 4.79 Å². The number of carbonyl (C=O) groups is 1. The minimum atomic E-state index is 0.352. The molecule has 0 atom stereocenters. The SMILES string of the molecule is O=C(C=CI)C1CC(C2CCC2)C1. The highest BCUT2D eigenvalue weighted by Crippen LogP contribution is 2.47. The highest BCUT2D eigenvalue weighted by molar-refractivity contribution is 14.1. The second-order valence-corrected chi connectivity index (χ2v) is 5.03. The third-order valence-electron chi connectivity index (χ3n) is 3.62. The first-order chi connectivity index (χ1) is 6.31. The maximum atomic E-state index is 11.4. The average molecular weight is 290 g/mol. The molecule has 0 spiro atoms. The molecule has 0 saturated heterocycles. The molecule has 2 aliphatic rings. The van der Waals surface area contributed by atoms with Gasteiger partial charge in [0.05, 0.1) is 0 Å². The van der Waals surface area contributed by atoms with Crippen molar-refractivity contribution in [3.63, 3.8) is 0 Å². The van der Waals surface area contributed by atoms with Crippen molar-refractivity contribution in [3.8, 4) is 0 Å². The minimum Gasteiger partial charge on any atom is -0.295 e. The van der Waals surface area contributed by atoms with Crippen LogP contribution in [0.25, 0.3) is 0 Å². The number of carbonyl (C=O) groups excluding carboxylic acids is 1. The lowest BCUT2D eigenvalue weighted by molar-refractivity contribution is -0.123. The fourth-order valence-electron chi connectivity index (χ4n) is 2.39. The van der Waals surface area contributed by atoms with Gasteiger partial charge in [-0.2, -0.15) is 0 Å². The van der Waals surface area contributed by atoms with Gasteiger partial charge in [-0.25, -0.2) is 0 Å². The second-order valence-electron chi connectivity index (χ2n) is 4.31. The monoisotopic (exact) mass is 290 g/mol. The van der Waals surface area contributed by atoms with Crippen LogP contribution >= 0.6 is 22.6 Å². The van der Waals surface area contributed by atoms with E-state index in [0.717, 1.165) is 11.8 Å². The van der Waals surface area contributed by atoms with Crippen molar-refractivity contribution in [1.82, 2.24) is 0 Å². The summed E-state index contributed by atoms with van der Waals surface area (Å²) in [6.45, 7) is 0. The van der Waals surface area contributed by atoms with Crippen LogP contribution in [0, 0.1) is 17.8 Å². The highest BCUT2D eigenvalue weighted by Gasteiger charge is 2.39. The van der Waals surface area contributed by atoms with Gasteiger partial charge in [-0.15, -0.1) is 0 Å². The molecule has 0 aliphatic heterocycles. The predicted molar refractivity (Wildman–Crippen MR) is 61.7 cm³/mol. The average Bonchev–Trinajstić information content (AvgIpc) is 1.91. The van der Waals surface area contributed by atoms with E-state index in [1.165, 1.54) is 32.1 Å². The molecule has 72 valence electrons. The van der Waals surface area contributed by atoms with Gasteiger partial charge in [-0.05, 0) is 34.8 Å². The molecule has 1 nitrogen and oxygen atoms in total. The van der Waals surface area contributed by atoms with E-state index in [-0.39, 0.29) is 0 Å². The van der Waals surface area contributed by atoms with Crippen molar-refractivity contribution < 1.29 is 4.79 Å². The van der Waals surface area contributed by atoms with E-state index in [1.54, 1.807) is 6.08 Å². The van der Waals surface area contributed by atoms with Crippen LogP contribution in [0.3, 0.4) is 0 Å². The maximum absolute atomic E-state index is 11.4. The number of rotatable bonds is 3. The Morgan fingerprint density at radius 1 is 1.23 bits per heavy atom. The molecule has 0 unspecified atom stereocenters. The summed E-state index contributed by atoms with van der Waals surface area (Å²) in [5.74, 6) is 2.60. The standard InChI is InChI=1S/C11H15IO/c12-5-4-11(13)10-6-9(7-10)8-2-1-3-8/h4-5,8-10H,1-3,6-7H2. The van der Waals surface area contributed by atoms with Crippen molar-refractivity contribution in [2.75, 3.05) is 0 Å². The van der Waals surface area contributed by atoms with Crippen LogP contribution in [0.4, 0.5) is 0 Å². The van der Waals surface area contributed by atoms with Crippen LogP contribution < -0.4 is 0 Å². The van der Waals surface area contributed by atoms with Gasteiger partial charge < -0.3 is 0 Å². The molecule has 0 radical (unpaired) electrons. The van der Waals surface area contributed by atoms with Crippen LogP contribution in [-0.2, 0) is 4.79 Å². The molecule has 0 N–H and O–H groups in total. The molecule has 0 aromatic heterocycles. The van der Waals surface area contributed by atoms with Crippen molar-refractivity contribution >= 4 is 28.4 Å². The predicted octanol–water partition coefficient (Wildman–Crippen LogP) is 3.33. The Labute approximate surface area is 93.1 Å². The second kappa shape index (κ2) is 4.11. The van der Waals surface area contributed by atoms with E-state index in [0.29, 0.717) is 11.7 Å². The Morgan fingerprint density at radius 3 is 2.38 bits per heavy atom. The Hall–Kier alpha value is 0.140. The maximum Gasteiger partial charge on any atom is 0.159 e. The summed E-state index contributed by atoms with van der Waals surface area (Å²) < 4.78 is 1.83. The van der Waals surface area contributed by atoms with E-state index in [4.69, 9.17) is 0 Å². The van der Waals surface area contributed by atoms with Crippen molar-refractivity contribution in [3.05, 3.63) is 10.2 Å². The van der Waals surface area contributed by atoms with Crippen LogP contribution in [0.5, 0.6) is 0 Å². The summed E-state index contributed by atoms with van der Waals surface area (Å²) in [5.41, 5.74) is 0. The van der Waals surface area contributed by atoms with Crippen LogP contribution in [0.15, 0.2) is 10.2 Å². The fraction of sp³-hybridized carbons (Fsp3) is 0.727. The van der Waals surface area contributed by atoms with Crippen molar-refractivity contribution in [2.24, 2.45) is 17.8 Å². The summed E-state index contributed by atoms with van der Waals surface area (Å²) in [4.78, 5) is 11.4. The van der Waals surface area contributed by atoms with Gasteiger partial charge in [0.2, 0.25) is 0 Å². The lowest BCUT2D eigenvalue weighted by Crippen LogP contribution is -2.36. The molecule has 0 amide bonds. The Kier molecular flexibility index (Phi) is 3.06. The molecule has 2 rings (SSSR count). The van der Waals surface area contributed by atoms with Crippen LogP contribution in [-0.4, -0.2) is 5.78 Å². The van der Waals surface area contributed by atoms with Crippen molar-refractivity contribution in [1.29, 1.82) is 0 Å². The molecule has 0 bridgehead atoms. The van der Waals surface area contributed by atoms with Crippen LogP contribution in [0.1, 0.15) is 32.1 Å². The van der Waals surface area contributed by atoms with E-state index in [1.807, 2.05) is 4.08 Å². The summed E-state index contributed by atoms with van der Waals surface area (Å²) >= 11 is 2.11. The minimum absolute atomic E-state index is 0.352.